The van der Waals surface area contributed by atoms with Crippen molar-refractivity contribution in [1.82, 2.24) is 19.2 Å². The summed E-state index contributed by atoms with van der Waals surface area (Å²) < 4.78 is 3.23. The van der Waals surface area contributed by atoms with E-state index in [1.807, 2.05) is 0 Å². The van der Waals surface area contributed by atoms with Crippen LogP contribution >= 0.6 is 0 Å². The second-order valence-corrected chi connectivity index (χ2v) is 3.34. The molecule has 3 rings (SSSR count). The molecule has 15 heavy (non-hydrogen) atoms. The van der Waals surface area contributed by atoms with Crippen LogP contribution in [-0.2, 0) is 7.05 Å². The first-order valence-electron chi connectivity index (χ1n) is 4.56. The number of fused-ring (bicyclic) bond motifs is 3. The number of aromatic nitrogens is 4. The minimum Gasteiger partial charge on any atom is -0.296 e. The number of nitrogens with zero attached hydrogens (tertiary/aromatic N) is 4. The Kier molecular flexibility index (Phi) is 1.45. The van der Waals surface area contributed by atoms with E-state index in [0.717, 1.165) is 5.65 Å². The van der Waals surface area contributed by atoms with Crippen LogP contribution in [0.5, 0.6) is 0 Å². The maximum absolute atomic E-state index is 11.9. The van der Waals surface area contributed by atoms with Crippen molar-refractivity contribution in [3.05, 3.63) is 40.9 Å². The minimum absolute atomic E-state index is 0.0499. The summed E-state index contributed by atoms with van der Waals surface area (Å²) in [6.45, 7) is 0. The number of hydrogen-bond donors (Lipinski definition) is 0. The Hall–Kier alpha value is -2.17. The molecule has 0 saturated carbocycles. The van der Waals surface area contributed by atoms with Crippen molar-refractivity contribution in [2.45, 2.75) is 0 Å². The van der Waals surface area contributed by atoms with Crippen molar-refractivity contribution in [3.63, 3.8) is 0 Å². The van der Waals surface area contributed by atoms with E-state index in [0.29, 0.717) is 11.0 Å². The summed E-state index contributed by atoms with van der Waals surface area (Å²) in [5.41, 5.74) is 1.29. The first kappa shape index (κ1) is 8.16. The highest BCUT2D eigenvalue weighted by Gasteiger charge is 2.08. The molecule has 3 heterocycles. The van der Waals surface area contributed by atoms with Crippen molar-refractivity contribution in [3.8, 4) is 0 Å². The van der Waals surface area contributed by atoms with Gasteiger partial charge in [-0.05, 0) is 12.1 Å². The topological polar surface area (TPSA) is 52.2 Å². The van der Waals surface area contributed by atoms with Gasteiger partial charge in [0.05, 0.1) is 11.6 Å². The van der Waals surface area contributed by atoms with Gasteiger partial charge in [0, 0.05) is 19.3 Å². The monoisotopic (exact) mass is 200 g/mol. The predicted molar refractivity (Wildman–Crippen MR) is 55.7 cm³/mol. The Balaban J connectivity index is 2.77. The SMILES string of the molecule is Cn1c(=O)c2cccnc2n2nccc12. The van der Waals surface area contributed by atoms with Gasteiger partial charge in [0.25, 0.3) is 5.56 Å². The molecule has 0 bridgehead atoms. The lowest BCUT2D eigenvalue weighted by Gasteiger charge is -2.04. The van der Waals surface area contributed by atoms with Gasteiger partial charge in [0.1, 0.15) is 5.65 Å². The standard InChI is InChI=1S/C10H8N4O/c1-13-8-4-6-12-14(8)9-7(10(13)15)3-2-5-11-9/h2-6H,1H3. The normalized spacial score (nSPS) is 11.3. The fourth-order valence-electron chi connectivity index (χ4n) is 1.73. The summed E-state index contributed by atoms with van der Waals surface area (Å²) in [7, 11) is 1.73. The molecule has 0 aliphatic heterocycles. The van der Waals surface area contributed by atoms with E-state index in [1.54, 1.807) is 46.7 Å². The van der Waals surface area contributed by atoms with Gasteiger partial charge in [-0.15, -0.1) is 0 Å². The van der Waals surface area contributed by atoms with E-state index in [1.165, 1.54) is 0 Å². The minimum atomic E-state index is -0.0499. The highest BCUT2D eigenvalue weighted by atomic mass is 16.1. The number of pyridine rings is 1. The van der Waals surface area contributed by atoms with Crippen molar-refractivity contribution in [2.24, 2.45) is 7.05 Å². The molecule has 0 saturated heterocycles. The Bertz CT molecular complexity index is 710. The first-order valence-corrected chi connectivity index (χ1v) is 4.56. The van der Waals surface area contributed by atoms with Crippen LogP contribution in [0.15, 0.2) is 35.4 Å². The molecule has 3 aromatic heterocycles. The summed E-state index contributed by atoms with van der Waals surface area (Å²) in [4.78, 5) is 16.1. The van der Waals surface area contributed by atoms with Crippen LogP contribution in [-0.4, -0.2) is 19.2 Å². The Labute approximate surface area is 84.6 Å². The number of aryl methyl sites for hydroxylation is 1. The Morgan fingerprint density at radius 1 is 1.27 bits per heavy atom. The van der Waals surface area contributed by atoms with Gasteiger partial charge >= 0.3 is 0 Å². The van der Waals surface area contributed by atoms with Crippen molar-refractivity contribution >= 4 is 16.7 Å². The molecule has 0 aliphatic carbocycles. The fourth-order valence-corrected chi connectivity index (χ4v) is 1.73. The number of hydrogen-bond acceptors (Lipinski definition) is 3. The van der Waals surface area contributed by atoms with Gasteiger partial charge in [0.2, 0.25) is 0 Å². The van der Waals surface area contributed by atoms with Crippen LogP contribution in [0.2, 0.25) is 0 Å². The van der Waals surface area contributed by atoms with Gasteiger partial charge in [0.15, 0.2) is 5.65 Å². The highest BCUT2D eigenvalue weighted by molar-refractivity contribution is 5.76. The average molecular weight is 200 g/mol. The molecule has 0 aliphatic rings. The third-order valence-corrected chi connectivity index (χ3v) is 2.49. The molecule has 3 aromatic rings. The Morgan fingerprint density at radius 3 is 3.00 bits per heavy atom. The van der Waals surface area contributed by atoms with Gasteiger partial charge in [-0.3, -0.25) is 9.36 Å². The van der Waals surface area contributed by atoms with Crippen molar-refractivity contribution < 1.29 is 0 Å². The average Bonchev–Trinajstić information content (AvgIpc) is 2.75. The van der Waals surface area contributed by atoms with E-state index < -0.39 is 0 Å². The Morgan fingerprint density at radius 2 is 2.13 bits per heavy atom. The zero-order chi connectivity index (χ0) is 10.4. The van der Waals surface area contributed by atoms with Crippen molar-refractivity contribution in [1.29, 1.82) is 0 Å². The van der Waals surface area contributed by atoms with Gasteiger partial charge in [-0.25, -0.2) is 4.98 Å². The largest absolute Gasteiger partial charge is 0.296 e. The third kappa shape index (κ3) is 0.942. The second-order valence-electron chi connectivity index (χ2n) is 3.34. The lowest BCUT2D eigenvalue weighted by atomic mass is 10.3. The quantitative estimate of drug-likeness (QED) is 0.533. The molecule has 0 N–H and O–H groups in total. The van der Waals surface area contributed by atoms with Gasteiger partial charge in [-0.1, -0.05) is 0 Å². The molecular formula is C10H8N4O. The molecule has 5 nitrogen and oxygen atoms in total. The summed E-state index contributed by atoms with van der Waals surface area (Å²) in [6.07, 6.45) is 3.31. The molecule has 0 unspecified atom stereocenters. The molecule has 0 atom stereocenters. The predicted octanol–water partition coefficient (Wildman–Crippen LogP) is 0.581. The highest BCUT2D eigenvalue weighted by Crippen LogP contribution is 2.08. The van der Waals surface area contributed by atoms with Gasteiger partial charge in [-0.2, -0.15) is 9.61 Å². The lowest BCUT2D eigenvalue weighted by molar-refractivity contribution is 0.842. The zero-order valence-electron chi connectivity index (χ0n) is 8.08. The summed E-state index contributed by atoms with van der Waals surface area (Å²) >= 11 is 0. The summed E-state index contributed by atoms with van der Waals surface area (Å²) in [5, 5.41) is 4.72. The van der Waals surface area contributed by atoms with Crippen LogP contribution in [0.1, 0.15) is 0 Å². The molecule has 0 aromatic carbocycles. The smallest absolute Gasteiger partial charge is 0.263 e. The second kappa shape index (κ2) is 2.66. The maximum atomic E-state index is 11.9. The first-order chi connectivity index (χ1) is 7.29. The van der Waals surface area contributed by atoms with Crippen LogP contribution in [0.25, 0.3) is 16.7 Å². The van der Waals surface area contributed by atoms with E-state index >= 15 is 0 Å². The van der Waals surface area contributed by atoms with E-state index in [9.17, 15) is 4.79 Å². The molecule has 0 spiro atoms. The third-order valence-electron chi connectivity index (χ3n) is 2.49. The fraction of sp³-hybridized carbons (Fsp3) is 0.100. The molecule has 0 fully saturated rings. The molecule has 74 valence electrons. The molecule has 5 heteroatoms. The van der Waals surface area contributed by atoms with Gasteiger partial charge < -0.3 is 0 Å². The summed E-state index contributed by atoms with van der Waals surface area (Å²) in [6, 6.07) is 5.29. The maximum Gasteiger partial charge on any atom is 0.263 e. The van der Waals surface area contributed by atoms with Crippen molar-refractivity contribution in [2.75, 3.05) is 0 Å². The molecule has 0 amide bonds. The van der Waals surface area contributed by atoms with E-state index in [-0.39, 0.29) is 5.56 Å². The van der Waals surface area contributed by atoms with Crippen LogP contribution in [0, 0.1) is 0 Å². The van der Waals surface area contributed by atoms with Crippen LogP contribution in [0.3, 0.4) is 0 Å². The van der Waals surface area contributed by atoms with E-state index in [4.69, 9.17) is 0 Å². The zero-order valence-corrected chi connectivity index (χ0v) is 8.08. The van der Waals surface area contributed by atoms with Crippen LogP contribution < -0.4 is 5.56 Å². The number of rotatable bonds is 0. The summed E-state index contributed by atoms with van der Waals surface area (Å²) in [5.74, 6) is 0. The molecule has 0 radical (unpaired) electrons. The van der Waals surface area contributed by atoms with E-state index in [2.05, 4.69) is 10.1 Å². The molecular weight excluding hydrogens is 192 g/mol. The van der Waals surface area contributed by atoms with Crippen LogP contribution in [0.4, 0.5) is 0 Å². The lowest BCUT2D eigenvalue weighted by Crippen LogP contribution is -2.20.